The normalized spacial score (nSPS) is 18.3. The molecule has 3 aromatic rings. The van der Waals surface area contributed by atoms with Crippen molar-refractivity contribution in [1.29, 1.82) is 0 Å². The van der Waals surface area contributed by atoms with Crippen LogP contribution in [-0.4, -0.2) is 46.5 Å². The number of nitrogens with zero attached hydrogens (tertiary/aromatic N) is 3. The standard InChI is InChI=1S/C27H32FN3O/c28-24-9-6-7-21(17-24)19-31-25(18-23-8-2-3-10-26(23)31)20-29-15-11-22(12-16-29)27(32)30-13-4-1-5-14-30/h2-3,6-10,17-18,22H,1,4-5,11-16,19-20H2. The molecular formula is C27H32FN3O. The molecule has 0 radical (unpaired) electrons. The van der Waals surface area contributed by atoms with Crippen molar-refractivity contribution in [2.24, 2.45) is 5.92 Å². The third-order valence-electron chi connectivity index (χ3n) is 7.12. The summed E-state index contributed by atoms with van der Waals surface area (Å²) in [6.07, 6.45) is 5.45. The molecular weight excluding hydrogens is 401 g/mol. The van der Waals surface area contributed by atoms with Gasteiger partial charge in [-0.3, -0.25) is 9.69 Å². The van der Waals surface area contributed by atoms with Gasteiger partial charge in [-0.1, -0.05) is 30.3 Å². The Morgan fingerprint density at radius 1 is 0.875 bits per heavy atom. The minimum atomic E-state index is -0.194. The minimum absolute atomic E-state index is 0.183. The average molecular weight is 434 g/mol. The number of hydrogen-bond donors (Lipinski definition) is 0. The molecule has 168 valence electrons. The van der Waals surface area contributed by atoms with E-state index < -0.39 is 0 Å². The van der Waals surface area contributed by atoms with Gasteiger partial charge in [0, 0.05) is 43.3 Å². The van der Waals surface area contributed by atoms with Crippen LogP contribution in [0, 0.1) is 11.7 Å². The van der Waals surface area contributed by atoms with E-state index in [0.717, 1.165) is 64.0 Å². The molecule has 0 N–H and O–H groups in total. The zero-order valence-electron chi connectivity index (χ0n) is 18.7. The summed E-state index contributed by atoms with van der Waals surface area (Å²) in [4.78, 5) is 17.5. The van der Waals surface area contributed by atoms with E-state index in [1.54, 1.807) is 12.1 Å². The van der Waals surface area contributed by atoms with Gasteiger partial charge in [0.2, 0.25) is 5.91 Å². The molecule has 2 aromatic carbocycles. The second kappa shape index (κ2) is 9.45. The summed E-state index contributed by atoms with van der Waals surface area (Å²) in [5.74, 6) is 0.369. The van der Waals surface area contributed by atoms with Crippen molar-refractivity contribution in [3.05, 3.63) is 71.7 Å². The van der Waals surface area contributed by atoms with Crippen molar-refractivity contribution in [3.63, 3.8) is 0 Å². The number of hydrogen-bond acceptors (Lipinski definition) is 2. The van der Waals surface area contributed by atoms with Crippen molar-refractivity contribution in [3.8, 4) is 0 Å². The Labute approximate surface area is 189 Å². The SMILES string of the molecule is O=C(C1CCN(Cc2cc3ccccc3n2Cc2cccc(F)c2)CC1)N1CCCCC1. The number of para-hydroxylation sites is 1. The van der Waals surface area contributed by atoms with Crippen LogP contribution in [0.3, 0.4) is 0 Å². The summed E-state index contributed by atoms with van der Waals surface area (Å²) in [5.41, 5.74) is 3.40. The van der Waals surface area contributed by atoms with Crippen molar-refractivity contribution >= 4 is 16.8 Å². The summed E-state index contributed by atoms with van der Waals surface area (Å²) in [5, 5.41) is 1.22. The van der Waals surface area contributed by atoms with Crippen LogP contribution in [0.1, 0.15) is 43.4 Å². The van der Waals surface area contributed by atoms with Crippen molar-refractivity contribution in [2.45, 2.75) is 45.2 Å². The number of aromatic nitrogens is 1. The predicted molar refractivity (Wildman–Crippen MR) is 126 cm³/mol. The highest BCUT2D eigenvalue weighted by atomic mass is 19.1. The molecule has 3 heterocycles. The number of carbonyl (C=O) groups excluding carboxylic acids is 1. The molecule has 0 bridgehead atoms. The van der Waals surface area contributed by atoms with Gasteiger partial charge in [-0.25, -0.2) is 4.39 Å². The smallest absolute Gasteiger partial charge is 0.225 e. The maximum Gasteiger partial charge on any atom is 0.225 e. The molecule has 5 rings (SSSR count). The molecule has 2 aliphatic rings. The monoisotopic (exact) mass is 433 g/mol. The largest absolute Gasteiger partial charge is 0.342 e. The molecule has 0 unspecified atom stereocenters. The van der Waals surface area contributed by atoms with Gasteiger partial charge < -0.3 is 9.47 Å². The van der Waals surface area contributed by atoms with Crippen LogP contribution in [0.25, 0.3) is 10.9 Å². The molecule has 2 fully saturated rings. The van der Waals surface area contributed by atoms with Crippen LogP contribution in [0.2, 0.25) is 0 Å². The van der Waals surface area contributed by atoms with Crippen LogP contribution in [0.15, 0.2) is 54.6 Å². The Hall–Kier alpha value is -2.66. The number of amides is 1. The van der Waals surface area contributed by atoms with Crippen molar-refractivity contribution < 1.29 is 9.18 Å². The van der Waals surface area contributed by atoms with Crippen molar-refractivity contribution in [1.82, 2.24) is 14.4 Å². The second-order valence-electron chi connectivity index (χ2n) is 9.35. The molecule has 0 atom stereocenters. The summed E-state index contributed by atoms with van der Waals surface area (Å²) in [6, 6.07) is 17.6. The molecule has 32 heavy (non-hydrogen) atoms. The first-order valence-corrected chi connectivity index (χ1v) is 12.0. The summed E-state index contributed by atoms with van der Waals surface area (Å²) >= 11 is 0. The Bertz CT molecular complexity index is 1080. The van der Waals surface area contributed by atoms with Gasteiger partial charge in [-0.2, -0.15) is 0 Å². The number of halogens is 1. The van der Waals surface area contributed by atoms with E-state index >= 15 is 0 Å². The van der Waals surface area contributed by atoms with Gasteiger partial charge in [0.05, 0.1) is 0 Å². The topological polar surface area (TPSA) is 28.5 Å². The Morgan fingerprint density at radius 2 is 1.66 bits per heavy atom. The maximum atomic E-state index is 13.8. The van der Waals surface area contributed by atoms with Gasteiger partial charge in [0.25, 0.3) is 0 Å². The predicted octanol–water partition coefficient (Wildman–Crippen LogP) is 5.05. The average Bonchev–Trinajstić information content (AvgIpc) is 3.16. The fourth-order valence-electron chi connectivity index (χ4n) is 5.34. The highest BCUT2D eigenvalue weighted by molar-refractivity contribution is 5.81. The lowest BCUT2D eigenvalue weighted by molar-refractivity contribution is -0.138. The Kier molecular flexibility index (Phi) is 6.26. The van der Waals surface area contributed by atoms with Gasteiger partial charge in [-0.05, 0) is 80.4 Å². The molecule has 1 aromatic heterocycles. The van der Waals surface area contributed by atoms with Crippen LogP contribution >= 0.6 is 0 Å². The van der Waals surface area contributed by atoms with E-state index in [0.29, 0.717) is 12.5 Å². The van der Waals surface area contributed by atoms with Gasteiger partial charge in [0.15, 0.2) is 0 Å². The zero-order valence-corrected chi connectivity index (χ0v) is 18.7. The highest BCUT2D eigenvalue weighted by Crippen LogP contribution is 2.26. The fourth-order valence-corrected chi connectivity index (χ4v) is 5.34. The van der Waals surface area contributed by atoms with E-state index in [9.17, 15) is 9.18 Å². The lowest BCUT2D eigenvalue weighted by Gasteiger charge is -2.35. The summed E-state index contributed by atoms with van der Waals surface area (Å²) in [7, 11) is 0. The van der Waals surface area contributed by atoms with E-state index in [1.807, 2.05) is 6.07 Å². The van der Waals surface area contributed by atoms with E-state index in [4.69, 9.17) is 0 Å². The minimum Gasteiger partial charge on any atom is -0.342 e. The molecule has 2 aliphatic heterocycles. The first kappa shape index (κ1) is 21.2. The number of fused-ring (bicyclic) bond motifs is 1. The van der Waals surface area contributed by atoms with Crippen LogP contribution < -0.4 is 0 Å². The van der Waals surface area contributed by atoms with Crippen molar-refractivity contribution in [2.75, 3.05) is 26.2 Å². The molecule has 0 aliphatic carbocycles. The first-order chi connectivity index (χ1) is 15.7. The van der Waals surface area contributed by atoms with Crippen LogP contribution in [0.5, 0.6) is 0 Å². The third kappa shape index (κ3) is 4.58. The van der Waals surface area contributed by atoms with E-state index in [-0.39, 0.29) is 11.7 Å². The molecule has 0 spiro atoms. The van der Waals surface area contributed by atoms with E-state index in [1.165, 1.54) is 29.1 Å². The Balaban J connectivity index is 1.29. The number of carbonyl (C=O) groups is 1. The van der Waals surface area contributed by atoms with E-state index in [2.05, 4.69) is 44.7 Å². The fraction of sp³-hybridized carbons (Fsp3) is 0.444. The summed E-state index contributed by atoms with van der Waals surface area (Å²) < 4.78 is 16.1. The summed E-state index contributed by atoms with van der Waals surface area (Å²) in [6.45, 7) is 5.30. The molecule has 1 amide bonds. The molecule has 5 heteroatoms. The first-order valence-electron chi connectivity index (χ1n) is 12.0. The lowest BCUT2D eigenvalue weighted by Crippen LogP contribution is -2.44. The number of likely N-dealkylation sites (tertiary alicyclic amines) is 2. The maximum absolute atomic E-state index is 13.8. The molecule has 0 saturated carbocycles. The second-order valence-corrected chi connectivity index (χ2v) is 9.35. The number of piperidine rings is 2. The molecule has 2 saturated heterocycles. The van der Waals surface area contributed by atoms with Gasteiger partial charge in [0.1, 0.15) is 5.82 Å². The molecule has 4 nitrogen and oxygen atoms in total. The van der Waals surface area contributed by atoms with Gasteiger partial charge >= 0.3 is 0 Å². The number of benzene rings is 2. The highest BCUT2D eigenvalue weighted by Gasteiger charge is 2.29. The van der Waals surface area contributed by atoms with Crippen LogP contribution in [0.4, 0.5) is 4.39 Å². The quantitative estimate of drug-likeness (QED) is 0.563. The Morgan fingerprint density at radius 3 is 2.44 bits per heavy atom. The van der Waals surface area contributed by atoms with Gasteiger partial charge in [-0.15, -0.1) is 0 Å². The zero-order chi connectivity index (χ0) is 21.9. The van der Waals surface area contributed by atoms with Crippen LogP contribution in [-0.2, 0) is 17.9 Å². The lowest BCUT2D eigenvalue weighted by atomic mass is 9.94. The third-order valence-corrected chi connectivity index (χ3v) is 7.12. The number of rotatable bonds is 5.